The van der Waals surface area contributed by atoms with Crippen molar-refractivity contribution in [3.63, 3.8) is 0 Å². The molecule has 29 heavy (non-hydrogen) atoms. The number of para-hydroxylation sites is 2. The molecule has 0 radical (unpaired) electrons. The van der Waals surface area contributed by atoms with Crippen LogP contribution in [0.5, 0.6) is 5.75 Å². The third-order valence-electron chi connectivity index (χ3n) is 4.64. The summed E-state index contributed by atoms with van der Waals surface area (Å²) < 4.78 is 5.19. The second-order valence-corrected chi connectivity index (χ2v) is 7.43. The molecule has 152 valence electrons. The van der Waals surface area contributed by atoms with Gasteiger partial charge in [0, 0.05) is 5.56 Å². The van der Waals surface area contributed by atoms with Crippen molar-refractivity contribution in [2.75, 3.05) is 12.4 Å². The monoisotopic (exact) mass is 394 g/mol. The minimum Gasteiger partial charge on any atom is -0.497 e. The lowest BCUT2D eigenvalue weighted by Gasteiger charge is -2.20. The van der Waals surface area contributed by atoms with Gasteiger partial charge in [0.15, 0.2) is 0 Å². The van der Waals surface area contributed by atoms with E-state index in [2.05, 4.69) is 20.6 Å². The number of anilines is 1. The summed E-state index contributed by atoms with van der Waals surface area (Å²) in [6.45, 7) is 5.85. The van der Waals surface area contributed by atoms with E-state index in [9.17, 15) is 9.59 Å². The molecule has 2 amide bonds. The van der Waals surface area contributed by atoms with Gasteiger partial charge in [-0.15, -0.1) is 0 Å². The fourth-order valence-corrected chi connectivity index (χ4v) is 3.17. The first-order chi connectivity index (χ1) is 13.9. The zero-order valence-corrected chi connectivity index (χ0v) is 17.1. The van der Waals surface area contributed by atoms with Gasteiger partial charge < -0.3 is 15.0 Å². The van der Waals surface area contributed by atoms with E-state index in [1.165, 1.54) is 0 Å². The topological polar surface area (TPSA) is 96.1 Å². The Bertz CT molecular complexity index is 993. The fourth-order valence-electron chi connectivity index (χ4n) is 3.17. The summed E-state index contributed by atoms with van der Waals surface area (Å²) in [6.07, 6.45) is 0.507. The van der Waals surface area contributed by atoms with E-state index in [1.807, 2.05) is 45.0 Å². The van der Waals surface area contributed by atoms with Crippen molar-refractivity contribution in [2.45, 2.75) is 33.2 Å². The zero-order valence-electron chi connectivity index (χ0n) is 17.1. The van der Waals surface area contributed by atoms with Crippen LogP contribution in [-0.2, 0) is 4.79 Å². The number of fused-ring (bicyclic) bond motifs is 1. The van der Waals surface area contributed by atoms with E-state index >= 15 is 0 Å². The van der Waals surface area contributed by atoms with Gasteiger partial charge in [-0.2, -0.15) is 0 Å². The predicted octanol–water partition coefficient (Wildman–Crippen LogP) is 3.66. The minimum absolute atomic E-state index is 0.221. The SMILES string of the molecule is COc1ccc(C(=O)NC(CC(C)C)C(=O)Nc2nc3ccccc3[nH]2)c(C)c1. The second kappa shape index (κ2) is 8.77. The van der Waals surface area contributed by atoms with Crippen molar-refractivity contribution in [3.8, 4) is 5.75 Å². The summed E-state index contributed by atoms with van der Waals surface area (Å²) in [5, 5.41) is 5.65. The molecule has 0 spiro atoms. The van der Waals surface area contributed by atoms with Crippen molar-refractivity contribution in [2.24, 2.45) is 5.92 Å². The highest BCUT2D eigenvalue weighted by molar-refractivity contribution is 6.01. The Balaban J connectivity index is 1.76. The zero-order chi connectivity index (χ0) is 21.0. The van der Waals surface area contributed by atoms with Gasteiger partial charge in [-0.1, -0.05) is 26.0 Å². The highest BCUT2D eigenvalue weighted by atomic mass is 16.5. The number of aromatic amines is 1. The number of hydrogen-bond acceptors (Lipinski definition) is 4. The van der Waals surface area contributed by atoms with Crippen molar-refractivity contribution >= 4 is 28.8 Å². The highest BCUT2D eigenvalue weighted by Crippen LogP contribution is 2.18. The Morgan fingerprint density at radius 3 is 2.59 bits per heavy atom. The number of methoxy groups -OCH3 is 1. The van der Waals surface area contributed by atoms with E-state index in [0.717, 1.165) is 16.6 Å². The molecule has 3 rings (SSSR count). The second-order valence-electron chi connectivity index (χ2n) is 7.43. The fraction of sp³-hybridized carbons (Fsp3) is 0.318. The molecule has 0 saturated carbocycles. The maximum Gasteiger partial charge on any atom is 0.252 e. The summed E-state index contributed by atoms with van der Waals surface area (Å²) >= 11 is 0. The largest absolute Gasteiger partial charge is 0.497 e. The number of rotatable bonds is 7. The molecular formula is C22H26N4O3. The van der Waals surface area contributed by atoms with Crippen LogP contribution in [0.4, 0.5) is 5.95 Å². The third kappa shape index (κ3) is 4.93. The van der Waals surface area contributed by atoms with Crippen LogP contribution in [0.2, 0.25) is 0 Å². The van der Waals surface area contributed by atoms with Gasteiger partial charge in [-0.3, -0.25) is 14.9 Å². The van der Waals surface area contributed by atoms with Gasteiger partial charge in [0.25, 0.3) is 5.91 Å². The lowest BCUT2D eigenvalue weighted by Crippen LogP contribution is -2.44. The number of hydrogen-bond donors (Lipinski definition) is 3. The van der Waals surface area contributed by atoms with Gasteiger partial charge in [0.05, 0.1) is 18.1 Å². The van der Waals surface area contributed by atoms with E-state index in [-0.39, 0.29) is 17.7 Å². The van der Waals surface area contributed by atoms with Crippen molar-refractivity contribution < 1.29 is 14.3 Å². The molecule has 3 N–H and O–H groups in total. The average Bonchev–Trinajstić information content (AvgIpc) is 3.09. The van der Waals surface area contributed by atoms with E-state index < -0.39 is 6.04 Å². The maximum absolute atomic E-state index is 12.9. The van der Waals surface area contributed by atoms with Crippen LogP contribution in [0.3, 0.4) is 0 Å². The minimum atomic E-state index is -0.683. The van der Waals surface area contributed by atoms with E-state index in [0.29, 0.717) is 23.7 Å². The van der Waals surface area contributed by atoms with Crippen molar-refractivity contribution in [3.05, 3.63) is 53.6 Å². The molecule has 7 heteroatoms. The average molecular weight is 394 g/mol. The Hall–Kier alpha value is -3.35. The molecule has 2 aromatic carbocycles. The van der Waals surface area contributed by atoms with Crippen LogP contribution in [0.15, 0.2) is 42.5 Å². The number of benzene rings is 2. The van der Waals surface area contributed by atoms with Crippen molar-refractivity contribution in [1.82, 2.24) is 15.3 Å². The molecule has 0 saturated heterocycles. The molecule has 1 unspecified atom stereocenters. The van der Waals surface area contributed by atoms with Crippen LogP contribution >= 0.6 is 0 Å². The van der Waals surface area contributed by atoms with Crippen LogP contribution in [0.1, 0.15) is 36.2 Å². The van der Waals surface area contributed by atoms with E-state index in [1.54, 1.807) is 25.3 Å². The molecule has 0 aliphatic heterocycles. The number of carbonyl (C=O) groups excluding carboxylic acids is 2. The summed E-state index contributed by atoms with van der Waals surface area (Å²) in [5.74, 6) is 0.659. The highest BCUT2D eigenvalue weighted by Gasteiger charge is 2.24. The van der Waals surface area contributed by atoms with Gasteiger partial charge in [-0.25, -0.2) is 4.98 Å². The van der Waals surface area contributed by atoms with Gasteiger partial charge in [-0.05, 0) is 55.2 Å². The van der Waals surface area contributed by atoms with E-state index in [4.69, 9.17) is 4.74 Å². The first-order valence-corrected chi connectivity index (χ1v) is 9.58. The molecule has 0 aliphatic carbocycles. The standard InChI is InChI=1S/C22H26N4O3/c1-13(2)11-19(23-20(27)16-10-9-15(29-4)12-14(16)3)21(28)26-22-24-17-7-5-6-8-18(17)25-22/h5-10,12-13,19H,11H2,1-4H3,(H,23,27)(H2,24,25,26,28). The normalized spacial score (nSPS) is 12.0. The first kappa shape index (κ1) is 20.4. The lowest BCUT2D eigenvalue weighted by atomic mass is 10.0. The van der Waals surface area contributed by atoms with Gasteiger partial charge in [0.1, 0.15) is 11.8 Å². The van der Waals surface area contributed by atoms with Crippen LogP contribution in [0, 0.1) is 12.8 Å². The number of amides is 2. The quantitative estimate of drug-likeness (QED) is 0.570. The van der Waals surface area contributed by atoms with Gasteiger partial charge in [0.2, 0.25) is 11.9 Å². The summed E-state index contributed by atoms with van der Waals surface area (Å²) in [6, 6.07) is 12.1. The summed E-state index contributed by atoms with van der Waals surface area (Å²) in [5.41, 5.74) is 2.89. The van der Waals surface area contributed by atoms with Gasteiger partial charge >= 0.3 is 0 Å². The van der Waals surface area contributed by atoms with Crippen LogP contribution in [0.25, 0.3) is 11.0 Å². The molecule has 3 aromatic rings. The third-order valence-corrected chi connectivity index (χ3v) is 4.64. The smallest absolute Gasteiger partial charge is 0.252 e. The Morgan fingerprint density at radius 1 is 1.17 bits per heavy atom. The number of ether oxygens (including phenoxy) is 1. The molecular weight excluding hydrogens is 368 g/mol. The molecule has 1 atom stereocenters. The number of nitrogens with one attached hydrogen (secondary N) is 3. The molecule has 1 heterocycles. The molecule has 0 bridgehead atoms. The lowest BCUT2D eigenvalue weighted by molar-refractivity contribution is -0.118. The number of H-pyrrole nitrogens is 1. The molecule has 7 nitrogen and oxygen atoms in total. The number of carbonyl (C=O) groups is 2. The predicted molar refractivity (Wildman–Crippen MR) is 113 cm³/mol. The number of aromatic nitrogens is 2. The number of imidazole rings is 1. The first-order valence-electron chi connectivity index (χ1n) is 9.58. The molecule has 0 aliphatic rings. The number of nitrogens with zero attached hydrogens (tertiary/aromatic N) is 1. The Kier molecular flexibility index (Phi) is 6.16. The molecule has 1 aromatic heterocycles. The maximum atomic E-state index is 12.9. The summed E-state index contributed by atoms with van der Waals surface area (Å²) in [4.78, 5) is 33.1. The number of aryl methyl sites for hydroxylation is 1. The Labute approximate surface area is 169 Å². The Morgan fingerprint density at radius 2 is 1.93 bits per heavy atom. The molecule has 0 fully saturated rings. The van der Waals surface area contributed by atoms with Crippen LogP contribution in [-0.4, -0.2) is 34.9 Å². The van der Waals surface area contributed by atoms with Crippen LogP contribution < -0.4 is 15.4 Å². The summed E-state index contributed by atoms with van der Waals surface area (Å²) in [7, 11) is 1.58. The van der Waals surface area contributed by atoms with Crippen molar-refractivity contribution in [1.29, 1.82) is 0 Å².